The second kappa shape index (κ2) is 22.6. The van der Waals surface area contributed by atoms with Gasteiger partial charge in [0.15, 0.2) is 23.1 Å². The van der Waals surface area contributed by atoms with Crippen molar-refractivity contribution in [3.8, 4) is 17.1 Å². The van der Waals surface area contributed by atoms with Gasteiger partial charge in [-0.25, -0.2) is 13.4 Å². The van der Waals surface area contributed by atoms with Gasteiger partial charge in [-0.05, 0) is 91.6 Å². The minimum atomic E-state index is -5.76. The molecular formula is C46H55F4N2O16S4+. The third-order valence-corrected chi connectivity index (χ3v) is 15.2. The lowest BCUT2D eigenvalue weighted by molar-refractivity contribution is -0.135. The molecule has 2 aliphatic heterocycles. The Kier molecular flexibility index (Phi) is 18.1. The molecule has 1 unspecified atom stereocenters. The number of fused-ring (bicyclic) bond motifs is 2. The summed E-state index contributed by atoms with van der Waals surface area (Å²) in [6, 6.07) is 11.3. The van der Waals surface area contributed by atoms with Gasteiger partial charge in [-0.1, -0.05) is 33.3 Å². The van der Waals surface area contributed by atoms with Crippen LogP contribution in [0, 0.1) is 23.3 Å². The predicted octanol–water partition coefficient (Wildman–Crippen LogP) is 6.94. The Hall–Kier alpha value is -5.06. The van der Waals surface area contributed by atoms with Crippen LogP contribution in [0.25, 0.3) is 17.4 Å². The molecule has 2 heterocycles. The van der Waals surface area contributed by atoms with Crippen molar-refractivity contribution >= 4 is 58.2 Å². The summed E-state index contributed by atoms with van der Waals surface area (Å²) in [5.41, 5.74) is 1.39. The summed E-state index contributed by atoms with van der Waals surface area (Å²) < 4.78 is 208. The van der Waals surface area contributed by atoms with Crippen LogP contribution in [0.5, 0.6) is 5.75 Å². The molecule has 0 saturated heterocycles. The topological polar surface area (TPSA) is 272 Å². The molecule has 4 N–H and O–H groups in total. The Balaban J connectivity index is 1.52. The Morgan fingerprint density at radius 1 is 0.792 bits per heavy atom. The van der Waals surface area contributed by atoms with Crippen LogP contribution in [0.4, 0.5) is 23.2 Å². The van der Waals surface area contributed by atoms with Crippen molar-refractivity contribution in [3.05, 3.63) is 106 Å². The smallest absolute Gasteiger partial charge is 0.311 e. The van der Waals surface area contributed by atoms with Gasteiger partial charge >= 0.3 is 16.1 Å². The number of allylic oxidation sites excluding steroid dienone is 3. The molecule has 2 aromatic rings. The molecule has 0 spiro atoms. The van der Waals surface area contributed by atoms with E-state index < -0.39 is 114 Å². The van der Waals surface area contributed by atoms with E-state index in [4.69, 9.17) is 13.7 Å². The fraction of sp³-hybridized carbons (Fsp3) is 0.435. The number of nitrogens with zero attached hydrogens (tertiary/aromatic N) is 2. The Bertz CT molecular complexity index is 3250. The molecule has 396 valence electrons. The van der Waals surface area contributed by atoms with Crippen LogP contribution in [0.2, 0.25) is 0 Å². The Labute approximate surface area is 415 Å². The maximum Gasteiger partial charge on any atom is 0.311 e. The highest BCUT2D eigenvalue weighted by atomic mass is 32.2. The minimum absolute atomic E-state index is 0.0252. The van der Waals surface area contributed by atoms with Gasteiger partial charge in [0, 0.05) is 54.9 Å². The number of hydrogen-bond acceptors (Lipinski definition) is 13. The molecule has 0 saturated carbocycles. The summed E-state index contributed by atoms with van der Waals surface area (Å²) in [7, 11) is -17.6. The third kappa shape index (κ3) is 14.4. The van der Waals surface area contributed by atoms with Gasteiger partial charge in [0.05, 0.1) is 22.5 Å². The molecule has 1 aliphatic carbocycles. The van der Waals surface area contributed by atoms with E-state index in [1.165, 1.54) is 25.3 Å². The van der Waals surface area contributed by atoms with Crippen LogP contribution in [-0.4, -0.2) is 103 Å². The zero-order valence-electron chi connectivity index (χ0n) is 39.7. The average molecular weight is 1100 g/mol. The number of anilines is 1. The highest BCUT2D eigenvalue weighted by Crippen LogP contribution is 2.51. The normalized spacial score (nSPS) is 16.8. The standard InChI is InChI=1S/C46H54F4N2O16S4/c1-45(2,3)33-27-30(67-36-26-29(15-17-32(33)36)51(22-23-66-5)20-11-25-70(57,58)59)12-9-13-37-46(4,19-10-24-69(54,55)56)34-28-31(71(60,61)62)16-18-35(34)52(37)21-8-6-7-14-38(53)68-43-39(47)41(49)44(72(63,64)65)42(50)40(43)48/h9,12-13,15-18,26-28H,6-8,10-11,14,19-25H2,1-5H3,(H3-,54,55,56,57,58,59,60,61,62,63,64,65)/p+1. The lowest BCUT2D eigenvalue weighted by Gasteiger charge is -2.30. The average Bonchev–Trinajstić information content (AvgIpc) is 3.48. The van der Waals surface area contributed by atoms with Crippen molar-refractivity contribution in [2.24, 2.45) is 0 Å². The summed E-state index contributed by atoms with van der Waals surface area (Å²) in [6.45, 7) is 8.85. The van der Waals surface area contributed by atoms with Gasteiger partial charge in [0.2, 0.25) is 22.7 Å². The number of ether oxygens (including phenoxy) is 2. The first-order valence-corrected chi connectivity index (χ1v) is 28.2. The van der Waals surface area contributed by atoms with E-state index in [1.807, 2.05) is 43.5 Å². The molecule has 5 rings (SSSR count). The predicted molar refractivity (Wildman–Crippen MR) is 256 cm³/mol. The minimum Gasteiger partial charge on any atom is -0.456 e. The molecular weight excluding hydrogens is 1040 g/mol. The van der Waals surface area contributed by atoms with Crippen LogP contribution < -0.4 is 19.6 Å². The molecule has 3 aliphatic rings. The Morgan fingerprint density at radius 2 is 1.43 bits per heavy atom. The molecule has 0 bridgehead atoms. The maximum atomic E-state index is 14.5. The Morgan fingerprint density at radius 3 is 2.01 bits per heavy atom. The van der Waals surface area contributed by atoms with E-state index in [0.29, 0.717) is 47.0 Å². The second-order valence-corrected chi connectivity index (χ2v) is 24.1. The van der Waals surface area contributed by atoms with Crippen LogP contribution >= 0.6 is 0 Å². The van der Waals surface area contributed by atoms with Crippen molar-refractivity contribution in [1.29, 1.82) is 0 Å². The number of benzene rings is 3. The van der Waals surface area contributed by atoms with Crippen molar-refractivity contribution < 1.29 is 88.1 Å². The van der Waals surface area contributed by atoms with E-state index in [0.717, 1.165) is 11.1 Å². The molecule has 26 heteroatoms. The number of unbranched alkanes of at least 4 members (excludes halogenated alkanes) is 2. The van der Waals surface area contributed by atoms with Crippen LogP contribution in [0.15, 0.2) is 74.5 Å². The fourth-order valence-electron chi connectivity index (χ4n) is 8.43. The van der Waals surface area contributed by atoms with Gasteiger partial charge in [-0.3, -0.25) is 23.0 Å². The lowest BCUT2D eigenvalue weighted by atomic mass is 9.77. The highest BCUT2D eigenvalue weighted by Gasteiger charge is 2.44. The van der Waals surface area contributed by atoms with Crippen molar-refractivity contribution in [3.63, 3.8) is 0 Å². The van der Waals surface area contributed by atoms with Gasteiger partial charge in [0.25, 0.3) is 30.4 Å². The summed E-state index contributed by atoms with van der Waals surface area (Å²) in [5, 5.41) is 0.685. The fourth-order valence-corrected chi connectivity index (χ4v) is 10.6. The molecule has 2 aromatic carbocycles. The van der Waals surface area contributed by atoms with E-state index in [-0.39, 0.29) is 51.6 Å². The quantitative estimate of drug-likeness (QED) is 0.0118. The molecule has 0 aromatic heterocycles. The van der Waals surface area contributed by atoms with E-state index in [9.17, 15) is 69.7 Å². The third-order valence-electron chi connectivity index (χ3n) is 11.9. The molecule has 72 heavy (non-hydrogen) atoms. The first-order valence-electron chi connectivity index (χ1n) is 22.1. The van der Waals surface area contributed by atoms with Crippen molar-refractivity contribution in [1.82, 2.24) is 4.58 Å². The largest absolute Gasteiger partial charge is 0.456 e. The number of hydrogen-bond donors (Lipinski definition) is 4. The van der Waals surface area contributed by atoms with E-state index in [2.05, 4.69) is 4.74 Å². The number of esters is 1. The van der Waals surface area contributed by atoms with E-state index in [1.54, 1.807) is 36.1 Å². The van der Waals surface area contributed by atoms with Crippen LogP contribution in [0.1, 0.15) is 89.5 Å². The van der Waals surface area contributed by atoms with Gasteiger partial charge in [-0.2, -0.15) is 42.5 Å². The van der Waals surface area contributed by atoms with Gasteiger partial charge in [-0.15, -0.1) is 0 Å². The summed E-state index contributed by atoms with van der Waals surface area (Å²) in [4.78, 5) is 11.6. The summed E-state index contributed by atoms with van der Waals surface area (Å²) in [6.07, 6.45) is 4.92. The lowest BCUT2D eigenvalue weighted by Crippen LogP contribution is -2.34. The zero-order valence-corrected chi connectivity index (χ0v) is 43.0. The molecule has 18 nitrogen and oxygen atoms in total. The van der Waals surface area contributed by atoms with Crippen molar-refractivity contribution in [2.45, 2.75) is 93.3 Å². The molecule has 0 radical (unpaired) electrons. The van der Waals surface area contributed by atoms with Crippen LogP contribution in [-0.2, 0) is 60.8 Å². The molecule has 0 amide bonds. The second-order valence-electron chi connectivity index (χ2n) is 18.2. The number of methoxy groups -OCH3 is 1. The number of carbonyl (C=O) groups excluding carboxylic acids is 1. The maximum absolute atomic E-state index is 14.5. The van der Waals surface area contributed by atoms with E-state index >= 15 is 0 Å². The summed E-state index contributed by atoms with van der Waals surface area (Å²) >= 11 is 0. The first-order chi connectivity index (χ1) is 33.3. The molecule has 0 fully saturated rings. The first kappa shape index (κ1) is 57.8. The number of carbonyl (C=O) groups is 1. The zero-order chi connectivity index (χ0) is 53.8. The number of halogens is 4. The highest BCUT2D eigenvalue weighted by molar-refractivity contribution is 7.86. The summed E-state index contributed by atoms with van der Waals surface area (Å²) in [5.74, 6) is -13.2. The van der Waals surface area contributed by atoms with Crippen molar-refractivity contribution in [2.75, 3.05) is 49.8 Å². The number of rotatable bonds is 22. The SMILES string of the molecule is COCC[N+](CCCS(=O)(=O)O)=c1ccc2c(C(C)(C)C)cc(C=CC=C3N(CCCCCC(=O)Oc4c(F)c(F)c(S(=O)(=O)O)c(F)c4F)c4ccc(S(=O)(=O)O)cc4C3(C)CCCS(=O)(=O)O)oc-2c1. The monoisotopic (exact) mass is 1100 g/mol. The molecule has 1 atom stereocenters. The van der Waals surface area contributed by atoms with Gasteiger partial charge in [0.1, 0.15) is 24.7 Å². The van der Waals surface area contributed by atoms with Crippen LogP contribution in [0.3, 0.4) is 0 Å². The van der Waals surface area contributed by atoms with Gasteiger partial charge < -0.3 is 18.8 Å².